The molecule has 0 atom stereocenters. The zero-order valence-electron chi connectivity index (χ0n) is 9.33. The third-order valence-electron chi connectivity index (χ3n) is 2.68. The molecular weight excluding hydrogens is 214 g/mol. The molecule has 2 aromatic heterocycles. The van der Waals surface area contributed by atoms with E-state index in [9.17, 15) is 0 Å². The van der Waals surface area contributed by atoms with Gasteiger partial charge in [0, 0.05) is 5.56 Å². The normalized spacial score (nSPS) is 10.9. The maximum atomic E-state index is 5.65. The molecule has 2 N–H and O–H groups in total. The van der Waals surface area contributed by atoms with E-state index < -0.39 is 0 Å². The highest BCUT2D eigenvalue weighted by molar-refractivity contribution is 5.75. The van der Waals surface area contributed by atoms with Gasteiger partial charge in [0.25, 0.3) is 0 Å². The molecule has 3 rings (SSSR count). The number of aryl methyl sites for hydroxylation is 1. The number of nitrogen functional groups attached to an aromatic ring is 1. The number of fused-ring (bicyclic) bond motifs is 1. The summed E-state index contributed by atoms with van der Waals surface area (Å²) in [6, 6.07) is 8.02. The van der Waals surface area contributed by atoms with Crippen LogP contribution < -0.4 is 5.73 Å². The van der Waals surface area contributed by atoms with Crippen molar-refractivity contribution in [1.29, 1.82) is 0 Å². The Morgan fingerprint density at radius 3 is 2.88 bits per heavy atom. The van der Waals surface area contributed by atoms with Gasteiger partial charge in [-0.25, -0.2) is 4.98 Å². The Morgan fingerprint density at radius 1 is 1.24 bits per heavy atom. The van der Waals surface area contributed by atoms with Crippen LogP contribution in [0.15, 0.2) is 36.7 Å². The fourth-order valence-electron chi connectivity index (χ4n) is 1.82. The van der Waals surface area contributed by atoms with Crippen LogP contribution in [0.3, 0.4) is 0 Å². The molecule has 84 valence electrons. The smallest absolute Gasteiger partial charge is 0.183 e. The van der Waals surface area contributed by atoms with E-state index in [0.717, 1.165) is 16.8 Å². The highest BCUT2D eigenvalue weighted by atomic mass is 15.4. The first kappa shape index (κ1) is 9.77. The van der Waals surface area contributed by atoms with Crippen molar-refractivity contribution in [3.05, 3.63) is 42.2 Å². The number of benzene rings is 1. The predicted molar refractivity (Wildman–Crippen MR) is 65.4 cm³/mol. The van der Waals surface area contributed by atoms with E-state index in [0.29, 0.717) is 11.3 Å². The summed E-state index contributed by atoms with van der Waals surface area (Å²) in [6.07, 6.45) is 3.32. The van der Waals surface area contributed by atoms with Gasteiger partial charge in [0.05, 0.1) is 18.1 Å². The standard InChI is InChI=1S/C12H11N5/c1-8-4-2-3-5-10(8)11-12-14-6-9(13)7-17(12)16-15-11/h2-7H,13H2,1H3. The minimum atomic E-state index is 0.568. The summed E-state index contributed by atoms with van der Waals surface area (Å²) in [5, 5.41) is 8.18. The maximum absolute atomic E-state index is 5.65. The van der Waals surface area contributed by atoms with Crippen LogP contribution in [0.25, 0.3) is 16.9 Å². The minimum absolute atomic E-state index is 0.568. The highest BCUT2D eigenvalue weighted by Crippen LogP contribution is 2.24. The molecule has 5 heteroatoms. The van der Waals surface area contributed by atoms with Gasteiger partial charge < -0.3 is 5.73 Å². The van der Waals surface area contributed by atoms with E-state index in [4.69, 9.17) is 5.73 Å². The Bertz CT molecular complexity index is 686. The molecule has 0 saturated heterocycles. The predicted octanol–water partition coefficient (Wildman–Crippen LogP) is 1.68. The lowest BCUT2D eigenvalue weighted by Gasteiger charge is -2.01. The van der Waals surface area contributed by atoms with Crippen LogP contribution in [0.2, 0.25) is 0 Å². The van der Waals surface area contributed by atoms with Crippen LogP contribution >= 0.6 is 0 Å². The van der Waals surface area contributed by atoms with Gasteiger partial charge in [0.1, 0.15) is 5.69 Å². The van der Waals surface area contributed by atoms with Crippen molar-refractivity contribution >= 4 is 11.3 Å². The van der Waals surface area contributed by atoms with Gasteiger partial charge >= 0.3 is 0 Å². The largest absolute Gasteiger partial charge is 0.396 e. The van der Waals surface area contributed by atoms with Gasteiger partial charge in [-0.2, -0.15) is 4.52 Å². The van der Waals surface area contributed by atoms with Crippen molar-refractivity contribution < 1.29 is 0 Å². The van der Waals surface area contributed by atoms with Crippen molar-refractivity contribution in [2.24, 2.45) is 0 Å². The quantitative estimate of drug-likeness (QED) is 0.684. The summed E-state index contributed by atoms with van der Waals surface area (Å²) >= 11 is 0. The van der Waals surface area contributed by atoms with E-state index in [1.165, 1.54) is 0 Å². The molecule has 0 aliphatic heterocycles. The third kappa shape index (κ3) is 1.52. The van der Waals surface area contributed by atoms with Crippen molar-refractivity contribution in [3.63, 3.8) is 0 Å². The van der Waals surface area contributed by atoms with Crippen molar-refractivity contribution in [1.82, 2.24) is 19.8 Å². The summed E-state index contributed by atoms with van der Waals surface area (Å²) in [5.41, 5.74) is 9.90. The van der Waals surface area contributed by atoms with Gasteiger partial charge in [-0.3, -0.25) is 0 Å². The fourth-order valence-corrected chi connectivity index (χ4v) is 1.82. The van der Waals surface area contributed by atoms with Crippen molar-refractivity contribution in [3.8, 4) is 11.3 Å². The Labute approximate surface area is 97.9 Å². The first-order valence-electron chi connectivity index (χ1n) is 5.28. The Balaban J connectivity index is 2.29. The van der Waals surface area contributed by atoms with E-state index in [1.54, 1.807) is 16.9 Å². The lowest BCUT2D eigenvalue weighted by molar-refractivity contribution is 0.849. The number of hydrogen-bond donors (Lipinski definition) is 1. The number of nitrogens with two attached hydrogens (primary N) is 1. The van der Waals surface area contributed by atoms with Crippen molar-refractivity contribution in [2.75, 3.05) is 5.73 Å². The molecule has 0 saturated carbocycles. The van der Waals surface area contributed by atoms with Crippen molar-refractivity contribution in [2.45, 2.75) is 6.92 Å². The molecular formula is C12H11N5. The number of rotatable bonds is 1. The first-order chi connectivity index (χ1) is 8.25. The lowest BCUT2D eigenvalue weighted by Crippen LogP contribution is -1.94. The number of hydrogen-bond acceptors (Lipinski definition) is 4. The highest BCUT2D eigenvalue weighted by Gasteiger charge is 2.11. The summed E-state index contributed by atoms with van der Waals surface area (Å²) in [4.78, 5) is 4.27. The van der Waals surface area contributed by atoms with Gasteiger partial charge in [0.2, 0.25) is 0 Å². The minimum Gasteiger partial charge on any atom is -0.396 e. The molecule has 0 bridgehead atoms. The molecule has 0 unspecified atom stereocenters. The van der Waals surface area contributed by atoms with E-state index in [1.807, 2.05) is 31.2 Å². The van der Waals surface area contributed by atoms with Crippen LogP contribution in [0.5, 0.6) is 0 Å². The zero-order chi connectivity index (χ0) is 11.8. The fraction of sp³-hybridized carbons (Fsp3) is 0.0833. The Kier molecular flexibility index (Phi) is 2.04. The summed E-state index contributed by atoms with van der Waals surface area (Å²) in [6.45, 7) is 2.04. The van der Waals surface area contributed by atoms with E-state index >= 15 is 0 Å². The molecule has 3 aromatic rings. The Hall–Kier alpha value is -2.43. The molecule has 0 amide bonds. The number of anilines is 1. The third-order valence-corrected chi connectivity index (χ3v) is 2.68. The molecule has 0 aliphatic rings. The molecule has 0 spiro atoms. The lowest BCUT2D eigenvalue weighted by atomic mass is 10.1. The monoisotopic (exact) mass is 225 g/mol. The zero-order valence-corrected chi connectivity index (χ0v) is 9.33. The van der Waals surface area contributed by atoms with Crippen LogP contribution in [0.4, 0.5) is 5.69 Å². The van der Waals surface area contributed by atoms with E-state index in [2.05, 4.69) is 15.3 Å². The van der Waals surface area contributed by atoms with Crippen LogP contribution in [0, 0.1) is 6.92 Å². The molecule has 0 aliphatic carbocycles. The topological polar surface area (TPSA) is 69.1 Å². The average Bonchev–Trinajstić information content (AvgIpc) is 2.72. The molecule has 5 nitrogen and oxygen atoms in total. The molecule has 17 heavy (non-hydrogen) atoms. The van der Waals surface area contributed by atoms with Gasteiger partial charge in [-0.05, 0) is 12.5 Å². The number of aromatic nitrogens is 4. The number of nitrogens with zero attached hydrogens (tertiary/aromatic N) is 4. The second-order valence-corrected chi connectivity index (χ2v) is 3.91. The van der Waals surface area contributed by atoms with E-state index in [-0.39, 0.29) is 0 Å². The summed E-state index contributed by atoms with van der Waals surface area (Å²) < 4.78 is 1.59. The second-order valence-electron chi connectivity index (χ2n) is 3.91. The SMILES string of the molecule is Cc1ccccc1-c1nnn2cc(N)cnc12. The second kappa shape index (κ2) is 3.55. The van der Waals surface area contributed by atoms with Gasteiger partial charge in [-0.1, -0.05) is 29.5 Å². The van der Waals surface area contributed by atoms with Crippen LogP contribution in [0.1, 0.15) is 5.56 Å². The first-order valence-corrected chi connectivity index (χ1v) is 5.28. The van der Waals surface area contributed by atoms with Gasteiger partial charge in [-0.15, -0.1) is 5.10 Å². The molecule has 0 radical (unpaired) electrons. The molecule has 1 aromatic carbocycles. The average molecular weight is 225 g/mol. The molecule has 2 heterocycles. The molecule has 0 fully saturated rings. The Morgan fingerprint density at radius 2 is 2.06 bits per heavy atom. The van der Waals surface area contributed by atoms with Crippen LogP contribution in [-0.4, -0.2) is 19.8 Å². The maximum Gasteiger partial charge on any atom is 0.183 e. The summed E-state index contributed by atoms with van der Waals surface area (Å²) in [7, 11) is 0. The summed E-state index contributed by atoms with van der Waals surface area (Å²) in [5.74, 6) is 0. The van der Waals surface area contributed by atoms with Gasteiger partial charge in [0.15, 0.2) is 5.65 Å². The van der Waals surface area contributed by atoms with Crippen LogP contribution in [-0.2, 0) is 0 Å².